The quantitative estimate of drug-likeness (QED) is 0.596. The summed E-state index contributed by atoms with van der Waals surface area (Å²) in [6, 6.07) is 6.87. The standard InChI is InChI=1S/C19H27NS.C2H6/c1-5-15(4)18-10-8-9-16-13-20(12-11-19(16)18)14-17(6-2)21-7-3;1-2/h6-10,15H,3,5,11-14H2,1-2,4H3;1-2H3/b17-6-;. The molecule has 2 rings (SSSR count). The molecule has 0 saturated heterocycles. The molecule has 0 fully saturated rings. The number of nitrogens with zero attached hydrogens (tertiary/aromatic N) is 1. The number of hydrogen-bond acceptors (Lipinski definition) is 2. The van der Waals surface area contributed by atoms with E-state index in [1.54, 1.807) is 22.9 Å². The number of fused-ring (bicyclic) bond motifs is 1. The van der Waals surface area contributed by atoms with Crippen molar-refractivity contribution in [1.82, 2.24) is 4.90 Å². The lowest BCUT2D eigenvalue weighted by Crippen LogP contribution is -2.32. The van der Waals surface area contributed by atoms with Crippen molar-refractivity contribution in [2.75, 3.05) is 13.1 Å². The Kier molecular flexibility index (Phi) is 9.35. The minimum absolute atomic E-state index is 0.675. The molecule has 1 aromatic rings. The zero-order valence-electron chi connectivity index (χ0n) is 15.6. The molecule has 1 aliphatic heterocycles. The number of hydrogen-bond donors (Lipinski definition) is 0. The minimum atomic E-state index is 0.675. The highest BCUT2D eigenvalue weighted by Gasteiger charge is 2.20. The number of thioether (sulfide) groups is 1. The van der Waals surface area contributed by atoms with Crippen LogP contribution in [0.5, 0.6) is 0 Å². The van der Waals surface area contributed by atoms with E-state index in [0.717, 1.165) is 19.6 Å². The molecule has 0 amide bonds. The molecule has 23 heavy (non-hydrogen) atoms. The Morgan fingerprint density at radius 3 is 2.74 bits per heavy atom. The molecule has 1 nitrogen and oxygen atoms in total. The van der Waals surface area contributed by atoms with Crippen molar-refractivity contribution in [3.63, 3.8) is 0 Å². The van der Waals surface area contributed by atoms with Gasteiger partial charge in [-0.2, -0.15) is 0 Å². The molecule has 0 radical (unpaired) electrons. The summed E-state index contributed by atoms with van der Waals surface area (Å²) in [6.45, 7) is 17.8. The normalized spacial score (nSPS) is 16.1. The molecule has 1 aliphatic rings. The Labute approximate surface area is 147 Å². The SMILES string of the molecule is C=CS/C(=C\C)CN1CCc2c(cccc2C(C)CC)C1.CC. The predicted molar refractivity (Wildman–Crippen MR) is 107 cm³/mol. The van der Waals surface area contributed by atoms with Gasteiger partial charge in [0.1, 0.15) is 0 Å². The van der Waals surface area contributed by atoms with Gasteiger partial charge in [-0.05, 0) is 52.7 Å². The van der Waals surface area contributed by atoms with Crippen LogP contribution in [-0.4, -0.2) is 18.0 Å². The molecule has 1 heterocycles. The van der Waals surface area contributed by atoms with Gasteiger partial charge in [-0.15, -0.1) is 11.8 Å². The van der Waals surface area contributed by atoms with Gasteiger partial charge < -0.3 is 0 Å². The van der Waals surface area contributed by atoms with Crippen LogP contribution in [0.15, 0.2) is 41.2 Å². The van der Waals surface area contributed by atoms with E-state index in [2.05, 4.69) is 56.5 Å². The maximum atomic E-state index is 3.82. The van der Waals surface area contributed by atoms with Crippen molar-refractivity contribution in [2.45, 2.75) is 59.9 Å². The maximum Gasteiger partial charge on any atom is 0.0297 e. The Balaban J connectivity index is 0.00000127. The third-order valence-electron chi connectivity index (χ3n) is 4.46. The molecule has 0 spiro atoms. The third kappa shape index (κ3) is 5.54. The molecule has 2 heteroatoms. The van der Waals surface area contributed by atoms with Crippen LogP contribution in [0.1, 0.15) is 63.6 Å². The highest BCUT2D eigenvalue weighted by atomic mass is 32.2. The molecule has 0 aromatic heterocycles. The second kappa shape index (κ2) is 10.7. The van der Waals surface area contributed by atoms with Crippen LogP contribution in [0, 0.1) is 0 Å². The minimum Gasteiger partial charge on any atom is -0.294 e. The summed E-state index contributed by atoms with van der Waals surface area (Å²) < 4.78 is 0. The van der Waals surface area contributed by atoms with Gasteiger partial charge in [-0.3, -0.25) is 4.90 Å². The van der Waals surface area contributed by atoms with E-state index in [1.165, 1.54) is 23.3 Å². The average molecular weight is 332 g/mol. The Morgan fingerprint density at radius 1 is 1.39 bits per heavy atom. The second-order valence-electron chi connectivity index (χ2n) is 5.79. The van der Waals surface area contributed by atoms with E-state index in [9.17, 15) is 0 Å². The van der Waals surface area contributed by atoms with Crippen LogP contribution >= 0.6 is 11.8 Å². The number of allylic oxidation sites excluding steroid dienone is 1. The van der Waals surface area contributed by atoms with Crippen LogP contribution < -0.4 is 0 Å². The largest absolute Gasteiger partial charge is 0.294 e. The summed E-state index contributed by atoms with van der Waals surface area (Å²) in [7, 11) is 0. The highest BCUT2D eigenvalue weighted by Crippen LogP contribution is 2.30. The monoisotopic (exact) mass is 331 g/mol. The van der Waals surface area contributed by atoms with E-state index in [1.807, 2.05) is 19.3 Å². The van der Waals surface area contributed by atoms with Gasteiger partial charge in [0, 0.05) is 19.6 Å². The molecule has 0 N–H and O–H groups in total. The molecule has 0 bridgehead atoms. The Hall–Kier alpha value is -0.990. The van der Waals surface area contributed by atoms with Crippen LogP contribution in [0.25, 0.3) is 0 Å². The molecule has 1 unspecified atom stereocenters. The van der Waals surface area contributed by atoms with Crippen LogP contribution in [0.3, 0.4) is 0 Å². The Morgan fingerprint density at radius 2 is 2.13 bits per heavy atom. The first kappa shape index (κ1) is 20.1. The molecule has 128 valence electrons. The lowest BCUT2D eigenvalue weighted by atomic mass is 9.87. The van der Waals surface area contributed by atoms with Crippen LogP contribution in [0.2, 0.25) is 0 Å². The molecular weight excluding hydrogens is 298 g/mol. The lowest BCUT2D eigenvalue weighted by Gasteiger charge is -2.31. The topological polar surface area (TPSA) is 3.24 Å². The molecule has 1 aromatic carbocycles. The van der Waals surface area contributed by atoms with Gasteiger partial charge in [0.2, 0.25) is 0 Å². The first-order valence-electron chi connectivity index (χ1n) is 8.95. The maximum absolute atomic E-state index is 3.82. The van der Waals surface area contributed by atoms with E-state index < -0.39 is 0 Å². The van der Waals surface area contributed by atoms with Gasteiger partial charge in [0.05, 0.1) is 0 Å². The molecule has 0 saturated carbocycles. The van der Waals surface area contributed by atoms with Crippen molar-refractivity contribution in [2.24, 2.45) is 0 Å². The second-order valence-corrected chi connectivity index (χ2v) is 6.89. The van der Waals surface area contributed by atoms with Crippen molar-refractivity contribution in [3.8, 4) is 0 Å². The summed E-state index contributed by atoms with van der Waals surface area (Å²) in [4.78, 5) is 3.95. The zero-order chi connectivity index (χ0) is 17.2. The van der Waals surface area contributed by atoms with Crippen molar-refractivity contribution in [1.29, 1.82) is 0 Å². The lowest BCUT2D eigenvalue weighted by molar-refractivity contribution is 0.279. The first-order chi connectivity index (χ1) is 11.2. The van der Waals surface area contributed by atoms with Gasteiger partial charge in [-0.25, -0.2) is 0 Å². The Bertz CT molecular complexity index is 519. The van der Waals surface area contributed by atoms with Crippen LogP contribution in [0.4, 0.5) is 0 Å². The van der Waals surface area contributed by atoms with E-state index in [0.29, 0.717) is 5.92 Å². The molecular formula is C21H33NS. The summed E-state index contributed by atoms with van der Waals surface area (Å²) in [5, 5.41) is 1.92. The molecule has 1 atom stereocenters. The predicted octanol–water partition coefficient (Wildman–Crippen LogP) is 6.36. The smallest absolute Gasteiger partial charge is 0.0297 e. The third-order valence-corrected chi connectivity index (χ3v) is 5.29. The average Bonchev–Trinajstić information content (AvgIpc) is 2.61. The summed E-state index contributed by atoms with van der Waals surface area (Å²) in [6.07, 6.45) is 4.61. The zero-order valence-corrected chi connectivity index (χ0v) is 16.4. The fourth-order valence-corrected chi connectivity index (χ4v) is 3.65. The van der Waals surface area contributed by atoms with Crippen LogP contribution in [-0.2, 0) is 13.0 Å². The first-order valence-corrected chi connectivity index (χ1v) is 9.83. The fourth-order valence-electron chi connectivity index (χ4n) is 3.04. The van der Waals surface area contributed by atoms with Crippen molar-refractivity contribution in [3.05, 3.63) is 57.9 Å². The highest BCUT2D eigenvalue weighted by molar-refractivity contribution is 8.05. The summed E-state index contributed by atoms with van der Waals surface area (Å²) in [5.41, 5.74) is 4.71. The van der Waals surface area contributed by atoms with E-state index in [-0.39, 0.29) is 0 Å². The fraction of sp³-hybridized carbons (Fsp3) is 0.524. The van der Waals surface area contributed by atoms with Crippen molar-refractivity contribution >= 4 is 11.8 Å². The van der Waals surface area contributed by atoms with Gasteiger partial charge in [-0.1, -0.05) is 58.5 Å². The summed E-state index contributed by atoms with van der Waals surface area (Å²) in [5.74, 6) is 0.675. The van der Waals surface area contributed by atoms with Gasteiger partial charge in [0.25, 0.3) is 0 Å². The van der Waals surface area contributed by atoms with Gasteiger partial charge >= 0.3 is 0 Å². The van der Waals surface area contributed by atoms with E-state index in [4.69, 9.17) is 0 Å². The van der Waals surface area contributed by atoms with Crippen molar-refractivity contribution < 1.29 is 0 Å². The van der Waals surface area contributed by atoms with Gasteiger partial charge in [0.15, 0.2) is 0 Å². The number of rotatable bonds is 6. The summed E-state index contributed by atoms with van der Waals surface area (Å²) >= 11 is 1.75. The van der Waals surface area contributed by atoms with E-state index >= 15 is 0 Å². The number of benzene rings is 1. The molecule has 0 aliphatic carbocycles.